The molecule has 21 heavy (non-hydrogen) atoms. The first-order chi connectivity index (χ1) is 9.83. The highest BCUT2D eigenvalue weighted by Crippen LogP contribution is 2.30. The summed E-state index contributed by atoms with van der Waals surface area (Å²) >= 11 is 0. The SMILES string of the molecule is CCC(CC)C(CNC(=O)C1NCCCC1(C)C)N(C)C. The van der Waals surface area contributed by atoms with Gasteiger partial charge in [-0.15, -0.1) is 0 Å². The molecular formula is C17H35N3O. The lowest BCUT2D eigenvalue weighted by atomic mass is 9.77. The zero-order valence-corrected chi connectivity index (χ0v) is 14.8. The summed E-state index contributed by atoms with van der Waals surface area (Å²) in [6.45, 7) is 10.5. The third-order valence-electron chi connectivity index (χ3n) is 5.13. The van der Waals surface area contributed by atoms with Crippen molar-refractivity contribution < 1.29 is 4.79 Å². The predicted molar refractivity (Wildman–Crippen MR) is 89.4 cm³/mol. The van der Waals surface area contributed by atoms with Crippen LogP contribution in [0.4, 0.5) is 0 Å². The van der Waals surface area contributed by atoms with Crippen LogP contribution < -0.4 is 10.6 Å². The van der Waals surface area contributed by atoms with Crippen molar-refractivity contribution in [2.24, 2.45) is 11.3 Å². The number of piperidine rings is 1. The summed E-state index contributed by atoms with van der Waals surface area (Å²) in [5.74, 6) is 0.796. The van der Waals surface area contributed by atoms with Crippen molar-refractivity contribution in [2.75, 3.05) is 27.2 Å². The number of hydrogen-bond donors (Lipinski definition) is 2. The minimum atomic E-state index is -0.0595. The highest BCUT2D eigenvalue weighted by molar-refractivity contribution is 5.82. The summed E-state index contributed by atoms with van der Waals surface area (Å²) in [5, 5.41) is 6.59. The second kappa shape index (κ2) is 8.14. The summed E-state index contributed by atoms with van der Waals surface area (Å²) in [7, 11) is 4.22. The third kappa shape index (κ3) is 4.96. The van der Waals surface area contributed by atoms with E-state index in [0.29, 0.717) is 12.0 Å². The molecule has 2 atom stereocenters. The molecule has 0 aromatic heterocycles. The van der Waals surface area contributed by atoms with Gasteiger partial charge in [-0.1, -0.05) is 40.5 Å². The predicted octanol–water partition coefficient (Wildman–Crippen LogP) is 2.25. The molecule has 0 spiro atoms. The van der Waals surface area contributed by atoms with Gasteiger partial charge in [-0.25, -0.2) is 0 Å². The molecule has 0 aromatic rings. The Hall–Kier alpha value is -0.610. The number of hydrogen-bond acceptors (Lipinski definition) is 3. The van der Waals surface area contributed by atoms with Gasteiger partial charge in [0.05, 0.1) is 6.04 Å². The molecular weight excluding hydrogens is 262 g/mol. The fraction of sp³-hybridized carbons (Fsp3) is 0.941. The second-order valence-corrected chi connectivity index (χ2v) is 7.33. The molecule has 4 nitrogen and oxygen atoms in total. The van der Waals surface area contributed by atoms with E-state index >= 15 is 0 Å². The van der Waals surface area contributed by atoms with Crippen molar-refractivity contribution >= 4 is 5.91 Å². The molecule has 1 amide bonds. The zero-order valence-electron chi connectivity index (χ0n) is 14.8. The van der Waals surface area contributed by atoms with Gasteiger partial charge in [-0.05, 0) is 44.8 Å². The smallest absolute Gasteiger partial charge is 0.237 e. The first-order valence-electron chi connectivity index (χ1n) is 8.51. The maximum absolute atomic E-state index is 12.5. The van der Waals surface area contributed by atoms with Crippen molar-refractivity contribution in [1.82, 2.24) is 15.5 Å². The molecule has 124 valence electrons. The fourth-order valence-corrected chi connectivity index (χ4v) is 3.57. The van der Waals surface area contributed by atoms with Crippen LogP contribution in [0.2, 0.25) is 0 Å². The number of carbonyl (C=O) groups excluding carboxylic acids is 1. The van der Waals surface area contributed by atoms with Gasteiger partial charge in [0.25, 0.3) is 0 Å². The van der Waals surface area contributed by atoms with E-state index in [2.05, 4.69) is 57.3 Å². The molecule has 2 N–H and O–H groups in total. The van der Waals surface area contributed by atoms with Crippen LogP contribution in [0.15, 0.2) is 0 Å². The van der Waals surface area contributed by atoms with Crippen LogP contribution in [0.1, 0.15) is 53.4 Å². The maximum atomic E-state index is 12.5. The Morgan fingerprint density at radius 2 is 1.95 bits per heavy atom. The van der Waals surface area contributed by atoms with Crippen LogP contribution >= 0.6 is 0 Å². The molecule has 0 aromatic carbocycles. The zero-order chi connectivity index (χ0) is 16.0. The third-order valence-corrected chi connectivity index (χ3v) is 5.13. The van der Waals surface area contributed by atoms with Gasteiger partial charge in [-0.2, -0.15) is 0 Å². The molecule has 2 unspecified atom stereocenters. The summed E-state index contributed by atoms with van der Waals surface area (Å²) in [5.41, 5.74) is 0.0465. The lowest BCUT2D eigenvalue weighted by Gasteiger charge is -2.39. The van der Waals surface area contributed by atoms with Gasteiger partial charge < -0.3 is 15.5 Å². The molecule has 0 aliphatic carbocycles. The van der Waals surface area contributed by atoms with Gasteiger partial charge >= 0.3 is 0 Å². The highest BCUT2D eigenvalue weighted by Gasteiger charge is 2.37. The fourth-order valence-electron chi connectivity index (χ4n) is 3.57. The maximum Gasteiger partial charge on any atom is 0.237 e. The van der Waals surface area contributed by atoms with E-state index in [1.165, 1.54) is 0 Å². The Morgan fingerprint density at radius 1 is 1.33 bits per heavy atom. The Labute approximate surface area is 131 Å². The van der Waals surface area contributed by atoms with Crippen molar-refractivity contribution in [3.63, 3.8) is 0 Å². The van der Waals surface area contributed by atoms with E-state index < -0.39 is 0 Å². The normalized spacial score (nSPS) is 23.3. The second-order valence-electron chi connectivity index (χ2n) is 7.33. The molecule has 1 aliphatic heterocycles. The Morgan fingerprint density at radius 3 is 2.43 bits per heavy atom. The van der Waals surface area contributed by atoms with Crippen LogP contribution in [0.3, 0.4) is 0 Å². The quantitative estimate of drug-likeness (QED) is 0.757. The van der Waals surface area contributed by atoms with Crippen LogP contribution in [-0.4, -0.2) is 50.1 Å². The number of likely N-dealkylation sites (N-methyl/N-ethyl adjacent to an activating group) is 1. The molecule has 1 aliphatic rings. The van der Waals surface area contributed by atoms with Gasteiger partial charge in [0, 0.05) is 12.6 Å². The molecule has 0 bridgehead atoms. The summed E-state index contributed by atoms with van der Waals surface area (Å²) < 4.78 is 0. The van der Waals surface area contributed by atoms with E-state index in [9.17, 15) is 4.79 Å². The lowest BCUT2D eigenvalue weighted by molar-refractivity contribution is -0.127. The van der Waals surface area contributed by atoms with Crippen molar-refractivity contribution in [3.8, 4) is 0 Å². The standard InChI is InChI=1S/C17H35N3O/c1-7-13(8-2)14(20(5)6)12-19-16(21)15-17(3,4)10-9-11-18-15/h13-15,18H,7-12H2,1-6H3,(H,19,21). The van der Waals surface area contributed by atoms with Crippen LogP contribution in [0.5, 0.6) is 0 Å². The van der Waals surface area contributed by atoms with Crippen LogP contribution in [-0.2, 0) is 4.79 Å². The minimum absolute atomic E-state index is 0.0465. The van der Waals surface area contributed by atoms with E-state index in [0.717, 1.165) is 38.8 Å². The van der Waals surface area contributed by atoms with E-state index in [4.69, 9.17) is 0 Å². The number of amides is 1. The monoisotopic (exact) mass is 297 g/mol. The van der Waals surface area contributed by atoms with Gasteiger partial charge in [-0.3, -0.25) is 4.79 Å². The average Bonchev–Trinajstić information content (AvgIpc) is 2.42. The van der Waals surface area contributed by atoms with Crippen molar-refractivity contribution in [2.45, 2.75) is 65.5 Å². The Balaban J connectivity index is 2.60. The van der Waals surface area contributed by atoms with E-state index in [1.54, 1.807) is 0 Å². The Kier molecular flexibility index (Phi) is 7.14. The molecule has 0 radical (unpaired) electrons. The largest absolute Gasteiger partial charge is 0.353 e. The lowest BCUT2D eigenvalue weighted by Crippen LogP contribution is -2.57. The molecule has 4 heteroatoms. The summed E-state index contributed by atoms with van der Waals surface area (Å²) in [6.07, 6.45) is 4.58. The summed E-state index contributed by atoms with van der Waals surface area (Å²) in [4.78, 5) is 14.8. The number of nitrogens with zero attached hydrogens (tertiary/aromatic N) is 1. The molecule has 1 rings (SSSR count). The van der Waals surface area contributed by atoms with Gasteiger partial charge in [0.1, 0.15) is 0 Å². The van der Waals surface area contributed by atoms with E-state index in [-0.39, 0.29) is 17.4 Å². The first kappa shape index (κ1) is 18.4. The summed E-state index contributed by atoms with van der Waals surface area (Å²) in [6, 6.07) is 0.353. The molecule has 0 saturated carbocycles. The molecule has 1 fully saturated rings. The van der Waals surface area contributed by atoms with Crippen LogP contribution in [0.25, 0.3) is 0 Å². The van der Waals surface area contributed by atoms with E-state index in [1.807, 2.05) is 0 Å². The van der Waals surface area contributed by atoms with Crippen molar-refractivity contribution in [1.29, 1.82) is 0 Å². The minimum Gasteiger partial charge on any atom is -0.353 e. The van der Waals surface area contributed by atoms with Gasteiger partial charge in [0.15, 0.2) is 0 Å². The Bertz CT molecular complexity index is 324. The highest BCUT2D eigenvalue weighted by atomic mass is 16.2. The number of nitrogens with one attached hydrogen (secondary N) is 2. The molecule has 1 saturated heterocycles. The average molecular weight is 297 g/mol. The number of carbonyl (C=O) groups is 1. The molecule has 1 heterocycles. The van der Waals surface area contributed by atoms with Gasteiger partial charge in [0.2, 0.25) is 5.91 Å². The van der Waals surface area contributed by atoms with Crippen LogP contribution in [0, 0.1) is 11.3 Å². The first-order valence-corrected chi connectivity index (χ1v) is 8.51. The number of rotatable bonds is 7. The van der Waals surface area contributed by atoms with Crippen molar-refractivity contribution in [3.05, 3.63) is 0 Å². The topological polar surface area (TPSA) is 44.4 Å².